The molecule has 0 aliphatic heterocycles. The van der Waals surface area contributed by atoms with Crippen molar-refractivity contribution in [1.29, 1.82) is 10.5 Å². The first-order valence-corrected chi connectivity index (χ1v) is 6.04. The van der Waals surface area contributed by atoms with Gasteiger partial charge in [-0.3, -0.25) is 0 Å². The molecule has 0 bridgehead atoms. The van der Waals surface area contributed by atoms with Gasteiger partial charge in [-0.1, -0.05) is 18.2 Å². The molecule has 2 aromatic rings. The lowest BCUT2D eigenvalue weighted by Crippen LogP contribution is -1.91. The van der Waals surface area contributed by atoms with Gasteiger partial charge in [0.1, 0.15) is 17.6 Å². The summed E-state index contributed by atoms with van der Waals surface area (Å²) in [6.07, 6.45) is 0.356. The third-order valence-corrected chi connectivity index (χ3v) is 2.78. The van der Waals surface area contributed by atoms with Crippen LogP contribution in [0, 0.1) is 22.7 Å². The third-order valence-electron chi connectivity index (χ3n) is 2.78. The Morgan fingerprint density at radius 2 is 1.70 bits per heavy atom. The molecule has 1 N–H and O–H groups in total. The third kappa shape index (κ3) is 3.14. The zero-order chi connectivity index (χ0) is 14.4. The van der Waals surface area contributed by atoms with Gasteiger partial charge in [0.15, 0.2) is 0 Å². The van der Waals surface area contributed by atoms with Crippen LogP contribution in [0.4, 0.5) is 0 Å². The molecule has 0 spiro atoms. The van der Waals surface area contributed by atoms with Gasteiger partial charge >= 0.3 is 0 Å². The Hall–Kier alpha value is -2.82. The summed E-state index contributed by atoms with van der Waals surface area (Å²) >= 11 is 0. The monoisotopic (exact) mass is 264 g/mol. The minimum absolute atomic E-state index is 0.113. The van der Waals surface area contributed by atoms with Gasteiger partial charge < -0.3 is 9.84 Å². The lowest BCUT2D eigenvalue weighted by molar-refractivity contribution is 0.281. The molecule has 2 rings (SSSR count). The maximum atomic E-state index is 9.08. The first-order valence-electron chi connectivity index (χ1n) is 6.04. The number of aliphatic hydroxyl groups is 1. The minimum Gasteiger partial charge on any atom is -0.456 e. The van der Waals surface area contributed by atoms with E-state index in [1.54, 1.807) is 30.3 Å². The summed E-state index contributed by atoms with van der Waals surface area (Å²) < 4.78 is 5.65. The lowest BCUT2D eigenvalue weighted by atomic mass is 10.1. The Kier molecular flexibility index (Phi) is 4.34. The lowest BCUT2D eigenvalue weighted by Gasteiger charge is -2.08. The van der Waals surface area contributed by atoms with E-state index < -0.39 is 0 Å². The Morgan fingerprint density at radius 1 is 1.00 bits per heavy atom. The molecule has 0 saturated heterocycles. The van der Waals surface area contributed by atoms with Gasteiger partial charge in [0.2, 0.25) is 0 Å². The number of ether oxygens (including phenoxy) is 1. The first kappa shape index (κ1) is 13.6. The van der Waals surface area contributed by atoms with E-state index in [1.165, 1.54) is 0 Å². The Balaban J connectivity index is 2.22. The van der Waals surface area contributed by atoms with Crippen LogP contribution >= 0.6 is 0 Å². The molecule has 0 amide bonds. The molecule has 98 valence electrons. The predicted octanol–water partition coefficient (Wildman–Crippen LogP) is 2.91. The van der Waals surface area contributed by atoms with Crippen LogP contribution in [0.1, 0.15) is 16.7 Å². The van der Waals surface area contributed by atoms with Crippen LogP contribution in [0.2, 0.25) is 0 Å². The van der Waals surface area contributed by atoms with Crippen LogP contribution < -0.4 is 4.74 Å². The minimum atomic E-state index is -0.113. The van der Waals surface area contributed by atoms with Gasteiger partial charge in [-0.2, -0.15) is 10.5 Å². The largest absolute Gasteiger partial charge is 0.456 e. The fraction of sp³-hybridized carbons (Fsp3) is 0.125. The van der Waals surface area contributed by atoms with E-state index in [2.05, 4.69) is 6.07 Å². The van der Waals surface area contributed by atoms with Crippen LogP contribution in [0.5, 0.6) is 11.5 Å². The molecule has 0 fully saturated rings. The van der Waals surface area contributed by atoms with Crippen molar-refractivity contribution in [2.45, 2.75) is 13.0 Å². The summed E-state index contributed by atoms with van der Waals surface area (Å²) in [6.45, 7) is -0.113. The van der Waals surface area contributed by atoms with Gasteiger partial charge in [-0.15, -0.1) is 0 Å². The Labute approximate surface area is 117 Å². The fourth-order valence-electron chi connectivity index (χ4n) is 1.75. The molecule has 0 heterocycles. The van der Waals surface area contributed by atoms with Crippen molar-refractivity contribution in [2.75, 3.05) is 0 Å². The number of hydrogen-bond donors (Lipinski definition) is 1. The molecule has 0 aromatic heterocycles. The number of aliphatic hydroxyl groups excluding tert-OH is 1. The normalized spacial score (nSPS) is 9.55. The van der Waals surface area contributed by atoms with E-state index in [1.807, 2.05) is 18.2 Å². The highest BCUT2D eigenvalue weighted by molar-refractivity contribution is 5.47. The highest BCUT2D eigenvalue weighted by Crippen LogP contribution is 2.26. The zero-order valence-corrected chi connectivity index (χ0v) is 10.7. The molecule has 20 heavy (non-hydrogen) atoms. The summed E-state index contributed by atoms with van der Waals surface area (Å²) in [5.41, 5.74) is 1.95. The first-order chi connectivity index (χ1) is 9.76. The quantitative estimate of drug-likeness (QED) is 0.921. The van der Waals surface area contributed by atoms with Gasteiger partial charge in [0.25, 0.3) is 0 Å². The maximum Gasteiger partial charge on any atom is 0.145 e. The zero-order valence-electron chi connectivity index (χ0n) is 10.7. The van der Waals surface area contributed by atoms with Crippen LogP contribution in [0.25, 0.3) is 0 Å². The molecule has 2 aromatic carbocycles. The summed E-state index contributed by atoms with van der Waals surface area (Å²) in [5, 5.41) is 26.7. The summed E-state index contributed by atoms with van der Waals surface area (Å²) in [4.78, 5) is 0. The summed E-state index contributed by atoms with van der Waals surface area (Å²) in [6, 6.07) is 16.2. The second-order valence-corrected chi connectivity index (χ2v) is 4.18. The van der Waals surface area contributed by atoms with E-state index in [9.17, 15) is 0 Å². The van der Waals surface area contributed by atoms with E-state index >= 15 is 0 Å². The van der Waals surface area contributed by atoms with Crippen molar-refractivity contribution >= 4 is 0 Å². The van der Waals surface area contributed by atoms with Crippen LogP contribution in [-0.4, -0.2) is 5.11 Å². The van der Waals surface area contributed by atoms with Gasteiger partial charge in [0, 0.05) is 0 Å². The van der Waals surface area contributed by atoms with Gasteiger partial charge in [-0.25, -0.2) is 0 Å². The van der Waals surface area contributed by atoms with Crippen molar-refractivity contribution in [3.8, 4) is 23.6 Å². The highest BCUT2D eigenvalue weighted by Gasteiger charge is 2.06. The number of benzene rings is 2. The van der Waals surface area contributed by atoms with Crippen molar-refractivity contribution in [2.24, 2.45) is 0 Å². The van der Waals surface area contributed by atoms with Gasteiger partial charge in [-0.05, 0) is 35.4 Å². The molecule has 0 aliphatic rings. The van der Waals surface area contributed by atoms with Crippen LogP contribution in [-0.2, 0) is 13.0 Å². The molecule has 0 unspecified atom stereocenters. The highest BCUT2D eigenvalue weighted by atomic mass is 16.5. The number of nitrogens with zero attached hydrogens (tertiary/aromatic N) is 2. The average Bonchev–Trinajstić information content (AvgIpc) is 2.50. The number of hydrogen-bond acceptors (Lipinski definition) is 4. The number of rotatable bonds is 4. The van der Waals surface area contributed by atoms with Crippen molar-refractivity contribution in [1.82, 2.24) is 0 Å². The SMILES string of the molecule is N#CCc1ccc(Oc2ccc(CO)cc2C#N)cc1. The van der Waals surface area contributed by atoms with Crippen LogP contribution in [0.15, 0.2) is 42.5 Å². The smallest absolute Gasteiger partial charge is 0.145 e. The molecule has 0 atom stereocenters. The van der Waals surface area contributed by atoms with Crippen molar-refractivity contribution < 1.29 is 9.84 Å². The molecule has 0 aliphatic carbocycles. The van der Waals surface area contributed by atoms with E-state index in [0.717, 1.165) is 5.56 Å². The summed E-state index contributed by atoms with van der Waals surface area (Å²) in [5.74, 6) is 1.04. The second kappa shape index (κ2) is 6.38. The molecule has 4 nitrogen and oxygen atoms in total. The van der Waals surface area contributed by atoms with Gasteiger partial charge in [0.05, 0.1) is 24.7 Å². The van der Waals surface area contributed by atoms with E-state index in [-0.39, 0.29) is 6.61 Å². The second-order valence-electron chi connectivity index (χ2n) is 4.18. The van der Waals surface area contributed by atoms with Crippen molar-refractivity contribution in [3.63, 3.8) is 0 Å². The van der Waals surface area contributed by atoms with E-state index in [4.69, 9.17) is 20.4 Å². The van der Waals surface area contributed by atoms with Crippen LogP contribution in [0.3, 0.4) is 0 Å². The Bertz CT molecular complexity index is 679. The molecular formula is C16H12N2O2. The van der Waals surface area contributed by atoms with Crippen molar-refractivity contribution in [3.05, 3.63) is 59.2 Å². The molecule has 0 radical (unpaired) electrons. The molecular weight excluding hydrogens is 252 g/mol. The Morgan fingerprint density at radius 3 is 2.30 bits per heavy atom. The fourth-order valence-corrected chi connectivity index (χ4v) is 1.75. The predicted molar refractivity (Wildman–Crippen MR) is 72.9 cm³/mol. The topological polar surface area (TPSA) is 77.0 Å². The molecule has 0 saturated carbocycles. The maximum absolute atomic E-state index is 9.08. The molecule has 4 heteroatoms. The van der Waals surface area contributed by atoms with E-state index in [0.29, 0.717) is 29.0 Å². The summed E-state index contributed by atoms with van der Waals surface area (Å²) in [7, 11) is 0. The number of nitriles is 2. The average molecular weight is 264 g/mol. The standard InChI is InChI=1S/C16H12N2O2/c17-8-7-12-1-4-15(5-2-12)20-16-6-3-13(11-19)9-14(16)10-18/h1-6,9,19H,7,11H2.